The van der Waals surface area contributed by atoms with Crippen molar-refractivity contribution >= 4 is 23.5 Å². The Labute approximate surface area is 184 Å². The fourth-order valence-corrected chi connectivity index (χ4v) is 3.67. The number of hydrogen-bond acceptors (Lipinski definition) is 6. The van der Waals surface area contributed by atoms with Gasteiger partial charge in [-0.25, -0.2) is 4.79 Å². The van der Waals surface area contributed by atoms with Crippen LogP contribution in [0.4, 0.5) is 4.79 Å². The van der Waals surface area contributed by atoms with E-state index in [2.05, 4.69) is 20.8 Å². The molecule has 10 heteroatoms. The zero-order valence-electron chi connectivity index (χ0n) is 17.8. The van der Waals surface area contributed by atoms with Crippen LogP contribution in [0.3, 0.4) is 0 Å². The third-order valence-corrected chi connectivity index (χ3v) is 5.38. The first kappa shape index (κ1) is 21.3. The van der Waals surface area contributed by atoms with Crippen LogP contribution in [-0.4, -0.2) is 57.0 Å². The molecule has 0 spiro atoms. The number of nitrogens with one attached hydrogen (secondary N) is 2. The van der Waals surface area contributed by atoms with Gasteiger partial charge in [0, 0.05) is 12.7 Å². The molecule has 2 N–H and O–H groups in total. The van der Waals surface area contributed by atoms with Gasteiger partial charge in [0.2, 0.25) is 5.91 Å². The van der Waals surface area contributed by atoms with Crippen LogP contribution in [0.25, 0.3) is 5.65 Å². The molecule has 0 bridgehead atoms. The van der Waals surface area contributed by atoms with Crippen molar-refractivity contribution < 1.29 is 19.1 Å². The maximum Gasteiger partial charge on any atom is 0.324 e. The molecule has 1 fully saturated rings. The molecular formula is C22H24N6O4. The summed E-state index contributed by atoms with van der Waals surface area (Å²) >= 11 is 0. The molecule has 4 rings (SSSR count). The molecular weight excluding hydrogens is 412 g/mol. The predicted molar refractivity (Wildman–Crippen MR) is 115 cm³/mol. The Morgan fingerprint density at radius 2 is 1.97 bits per heavy atom. The maximum absolute atomic E-state index is 12.7. The van der Waals surface area contributed by atoms with Crippen molar-refractivity contribution in [1.29, 1.82) is 0 Å². The zero-order valence-corrected chi connectivity index (χ0v) is 17.8. The van der Waals surface area contributed by atoms with E-state index in [9.17, 15) is 14.4 Å². The number of rotatable bonds is 8. The standard InChI is InChI=1S/C22H24N6O4/c1-14(20-26-25-18-5-3-4-11-27(18)20)23-19(29)13-17-21(30)28(22(31)24-17)12-10-15-6-8-16(32-2)9-7-15/h3-9,11,14,17H,10,12-13H2,1-2H3,(H,23,29)(H,24,31)/t14-,17+/m1/s1. The molecule has 3 aromatic rings. The molecule has 10 nitrogen and oxygen atoms in total. The molecule has 0 radical (unpaired) electrons. The lowest BCUT2D eigenvalue weighted by Crippen LogP contribution is -2.38. The third-order valence-electron chi connectivity index (χ3n) is 5.38. The molecule has 1 aromatic carbocycles. The van der Waals surface area contributed by atoms with Gasteiger partial charge in [-0.05, 0) is 43.2 Å². The number of urea groups is 1. The highest BCUT2D eigenvalue weighted by atomic mass is 16.5. The van der Waals surface area contributed by atoms with Crippen molar-refractivity contribution in [2.75, 3.05) is 13.7 Å². The maximum atomic E-state index is 12.7. The molecule has 1 saturated heterocycles. The zero-order chi connectivity index (χ0) is 22.7. The van der Waals surface area contributed by atoms with Crippen molar-refractivity contribution in [2.45, 2.75) is 31.8 Å². The molecule has 0 unspecified atom stereocenters. The SMILES string of the molecule is COc1ccc(CCN2C(=O)N[C@@H](CC(=O)N[C@H](C)c3nnc4ccccn34)C2=O)cc1. The first-order valence-electron chi connectivity index (χ1n) is 10.3. The minimum absolute atomic E-state index is 0.148. The van der Waals surface area contributed by atoms with Gasteiger partial charge in [-0.2, -0.15) is 0 Å². The van der Waals surface area contributed by atoms with Gasteiger partial charge in [0.05, 0.1) is 19.6 Å². The van der Waals surface area contributed by atoms with E-state index in [0.29, 0.717) is 17.9 Å². The minimum Gasteiger partial charge on any atom is -0.497 e. The second kappa shape index (κ2) is 9.04. The summed E-state index contributed by atoms with van der Waals surface area (Å²) in [6, 6.07) is 11.2. The van der Waals surface area contributed by atoms with Crippen molar-refractivity contribution in [1.82, 2.24) is 30.1 Å². The Bertz CT molecular complexity index is 1140. The second-order valence-corrected chi connectivity index (χ2v) is 7.57. The van der Waals surface area contributed by atoms with E-state index >= 15 is 0 Å². The van der Waals surface area contributed by atoms with E-state index in [1.165, 1.54) is 0 Å². The van der Waals surface area contributed by atoms with Gasteiger partial charge in [-0.15, -0.1) is 10.2 Å². The second-order valence-electron chi connectivity index (χ2n) is 7.57. The van der Waals surface area contributed by atoms with Gasteiger partial charge in [0.15, 0.2) is 11.5 Å². The molecule has 1 aliphatic heterocycles. The number of ether oxygens (including phenoxy) is 1. The normalized spacial score (nSPS) is 16.8. The number of methoxy groups -OCH3 is 1. The Morgan fingerprint density at radius 3 is 2.72 bits per heavy atom. The summed E-state index contributed by atoms with van der Waals surface area (Å²) in [5.41, 5.74) is 1.65. The van der Waals surface area contributed by atoms with Gasteiger partial charge < -0.3 is 15.4 Å². The Morgan fingerprint density at radius 1 is 1.19 bits per heavy atom. The number of imide groups is 1. The van der Waals surface area contributed by atoms with Crippen LogP contribution in [0, 0.1) is 0 Å². The first-order chi connectivity index (χ1) is 15.5. The number of aromatic nitrogens is 3. The van der Waals surface area contributed by atoms with Gasteiger partial charge >= 0.3 is 6.03 Å². The molecule has 2 atom stereocenters. The predicted octanol–water partition coefficient (Wildman–Crippen LogP) is 1.47. The average Bonchev–Trinajstić information content (AvgIpc) is 3.33. The van der Waals surface area contributed by atoms with Crippen LogP contribution in [-0.2, 0) is 16.0 Å². The lowest BCUT2D eigenvalue weighted by molar-refractivity contribution is -0.131. The van der Waals surface area contributed by atoms with E-state index in [1.807, 2.05) is 48.7 Å². The van der Waals surface area contributed by atoms with Crippen LogP contribution in [0.1, 0.15) is 30.8 Å². The highest BCUT2D eigenvalue weighted by molar-refractivity contribution is 6.05. The highest BCUT2D eigenvalue weighted by Gasteiger charge is 2.38. The Balaban J connectivity index is 1.32. The molecule has 3 heterocycles. The molecule has 32 heavy (non-hydrogen) atoms. The summed E-state index contributed by atoms with van der Waals surface area (Å²) < 4.78 is 6.92. The van der Waals surface area contributed by atoms with Crippen LogP contribution in [0.5, 0.6) is 5.75 Å². The van der Waals surface area contributed by atoms with Gasteiger partial charge in [0.25, 0.3) is 5.91 Å². The molecule has 0 aliphatic carbocycles. The number of hydrogen-bond donors (Lipinski definition) is 2. The number of pyridine rings is 1. The van der Waals surface area contributed by atoms with Crippen molar-refractivity contribution in [3.8, 4) is 5.75 Å². The topological polar surface area (TPSA) is 118 Å². The molecule has 4 amide bonds. The summed E-state index contributed by atoms with van der Waals surface area (Å²) in [7, 11) is 1.59. The number of amides is 4. The van der Waals surface area contributed by atoms with E-state index in [1.54, 1.807) is 18.4 Å². The average molecular weight is 436 g/mol. The number of carbonyl (C=O) groups is 3. The summed E-state index contributed by atoms with van der Waals surface area (Å²) in [6.07, 6.45) is 2.18. The lowest BCUT2D eigenvalue weighted by Gasteiger charge is -2.15. The lowest BCUT2D eigenvalue weighted by atomic mass is 10.1. The van der Waals surface area contributed by atoms with Crippen LogP contribution in [0.15, 0.2) is 48.7 Å². The monoisotopic (exact) mass is 436 g/mol. The van der Waals surface area contributed by atoms with E-state index in [0.717, 1.165) is 16.2 Å². The Kier molecular flexibility index (Phi) is 6.02. The number of fused-ring (bicyclic) bond motifs is 1. The quantitative estimate of drug-likeness (QED) is 0.517. The molecule has 166 valence electrons. The molecule has 2 aromatic heterocycles. The number of nitrogens with zero attached hydrogens (tertiary/aromatic N) is 4. The van der Waals surface area contributed by atoms with Crippen molar-refractivity contribution in [3.05, 3.63) is 60.0 Å². The molecule has 1 aliphatic rings. The summed E-state index contributed by atoms with van der Waals surface area (Å²) in [5, 5.41) is 13.6. The van der Waals surface area contributed by atoms with E-state index in [4.69, 9.17) is 4.74 Å². The fraction of sp³-hybridized carbons (Fsp3) is 0.318. The van der Waals surface area contributed by atoms with Gasteiger partial charge in [0.1, 0.15) is 11.8 Å². The highest BCUT2D eigenvalue weighted by Crippen LogP contribution is 2.16. The fourth-order valence-electron chi connectivity index (χ4n) is 3.67. The summed E-state index contributed by atoms with van der Waals surface area (Å²) in [4.78, 5) is 38.6. The third kappa shape index (κ3) is 4.39. The first-order valence-corrected chi connectivity index (χ1v) is 10.3. The summed E-state index contributed by atoms with van der Waals surface area (Å²) in [6.45, 7) is 2.02. The van der Waals surface area contributed by atoms with Crippen LogP contribution >= 0.6 is 0 Å². The largest absolute Gasteiger partial charge is 0.497 e. The Hall–Kier alpha value is -3.95. The van der Waals surface area contributed by atoms with Crippen LogP contribution in [0.2, 0.25) is 0 Å². The van der Waals surface area contributed by atoms with Crippen molar-refractivity contribution in [3.63, 3.8) is 0 Å². The number of benzene rings is 1. The number of carbonyl (C=O) groups excluding carboxylic acids is 3. The van der Waals surface area contributed by atoms with Gasteiger partial charge in [-0.3, -0.25) is 18.9 Å². The van der Waals surface area contributed by atoms with Crippen LogP contribution < -0.4 is 15.4 Å². The van der Waals surface area contributed by atoms with Crippen molar-refractivity contribution in [2.24, 2.45) is 0 Å². The van der Waals surface area contributed by atoms with E-state index in [-0.39, 0.29) is 18.9 Å². The van der Waals surface area contributed by atoms with Gasteiger partial charge in [-0.1, -0.05) is 18.2 Å². The van der Waals surface area contributed by atoms with E-state index < -0.39 is 24.0 Å². The summed E-state index contributed by atoms with van der Waals surface area (Å²) in [5.74, 6) is 0.556. The minimum atomic E-state index is -0.888. The smallest absolute Gasteiger partial charge is 0.324 e. The molecule has 0 saturated carbocycles.